The number of carbonyl (C=O) groups is 1. The monoisotopic (exact) mass is 194 g/mol. The van der Waals surface area contributed by atoms with Crippen molar-refractivity contribution in [2.24, 2.45) is 5.92 Å². The summed E-state index contributed by atoms with van der Waals surface area (Å²) in [4.78, 5) is 18.0. The van der Waals surface area contributed by atoms with Crippen LogP contribution >= 0.6 is 0 Å². The highest BCUT2D eigenvalue weighted by molar-refractivity contribution is 5.74. The third kappa shape index (κ3) is 1.52. The van der Waals surface area contributed by atoms with Crippen LogP contribution in [0.4, 0.5) is 0 Å². The lowest BCUT2D eigenvalue weighted by atomic mass is 10.2. The minimum absolute atomic E-state index is 0.111. The number of hydrogen-bond acceptors (Lipinski definition) is 2. The van der Waals surface area contributed by atoms with Crippen molar-refractivity contribution in [3.8, 4) is 0 Å². The topological polar surface area (TPSA) is 66.0 Å². The summed E-state index contributed by atoms with van der Waals surface area (Å²) in [5.41, 5.74) is 1.08. The maximum Gasteiger partial charge on any atom is 0.307 e. The average molecular weight is 194 g/mol. The lowest BCUT2D eigenvalue weighted by Crippen LogP contribution is -1.99. The molecule has 0 aromatic carbocycles. The van der Waals surface area contributed by atoms with Crippen LogP contribution in [0.25, 0.3) is 0 Å². The van der Waals surface area contributed by atoms with E-state index >= 15 is 0 Å². The quantitative estimate of drug-likeness (QED) is 0.769. The highest BCUT2D eigenvalue weighted by atomic mass is 16.4. The second kappa shape index (κ2) is 3.12. The Balaban J connectivity index is 2.09. The van der Waals surface area contributed by atoms with Gasteiger partial charge in [-0.1, -0.05) is 13.8 Å². The molecule has 0 bridgehead atoms. The summed E-state index contributed by atoms with van der Waals surface area (Å²) in [7, 11) is 0. The molecule has 1 aliphatic carbocycles. The largest absolute Gasteiger partial charge is 0.481 e. The zero-order valence-electron chi connectivity index (χ0n) is 8.32. The number of H-pyrrole nitrogens is 1. The minimum atomic E-state index is -0.711. The van der Waals surface area contributed by atoms with Gasteiger partial charge in [0.15, 0.2) is 0 Å². The summed E-state index contributed by atoms with van der Waals surface area (Å²) >= 11 is 0. The molecule has 2 atom stereocenters. The van der Waals surface area contributed by atoms with Crippen molar-refractivity contribution in [2.75, 3.05) is 0 Å². The highest BCUT2D eigenvalue weighted by Crippen LogP contribution is 2.46. The van der Waals surface area contributed by atoms with Crippen molar-refractivity contribution in [2.45, 2.75) is 32.1 Å². The molecular formula is C10H14N2O2. The van der Waals surface area contributed by atoms with E-state index in [0.717, 1.165) is 17.9 Å². The van der Waals surface area contributed by atoms with Crippen molar-refractivity contribution in [3.63, 3.8) is 0 Å². The van der Waals surface area contributed by atoms with Crippen LogP contribution in [0.2, 0.25) is 0 Å². The number of carboxylic acid groups (broad SMARTS) is 1. The van der Waals surface area contributed by atoms with Gasteiger partial charge in [-0.05, 0) is 12.3 Å². The van der Waals surface area contributed by atoms with E-state index in [0.29, 0.717) is 5.92 Å². The fourth-order valence-corrected chi connectivity index (χ4v) is 1.60. The Morgan fingerprint density at radius 3 is 2.86 bits per heavy atom. The fourth-order valence-electron chi connectivity index (χ4n) is 1.60. The molecule has 1 aromatic heterocycles. The number of rotatable bonds is 3. The van der Waals surface area contributed by atoms with E-state index in [-0.39, 0.29) is 11.8 Å². The van der Waals surface area contributed by atoms with Crippen LogP contribution in [0.3, 0.4) is 0 Å². The SMILES string of the molecule is CC(C)c1cnc(C2CC2C(=O)O)[nH]1. The Bertz CT molecular complexity index is 357. The summed E-state index contributed by atoms with van der Waals surface area (Å²) in [6.07, 6.45) is 2.53. The highest BCUT2D eigenvalue weighted by Gasteiger charge is 2.46. The zero-order chi connectivity index (χ0) is 10.3. The van der Waals surface area contributed by atoms with Gasteiger partial charge in [-0.3, -0.25) is 4.79 Å². The van der Waals surface area contributed by atoms with Gasteiger partial charge >= 0.3 is 5.97 Å². The smallest absolute Gasteiger partial charge is 0.307 e. The molecule has 4 heteroatoms. The molecule has 0 radical (unpaired) electrons. The van der Waals surface area contributed by atoms with Gasteiger partial charge in [-0.2, -0.15) is 0 Å². The fraction of sp³-hybridized carbons (Fsp3) is 0.600. The molecule has 1 heterocycles. The van der Waals surface area contributed by atoms with Crippen LogP contribution in [-0.2, 0) is 4.79 Å². The van der Waals surface area contributed by atoms with Crippen LogP contribution in [0.1, 0.15) is 43.6 Å². The molecular weight excluding hydrogens is 180 g/mol. The summed E-state index contributed by atoms with van der Waals surface area (Å²) < 4.78 is 0. The van der Waals surface area contributed by atoms with Crippen molar-refractivity contribution in [1.82, 2.24) is 9.97 Å². The Morgan fingerprint density at radius 1 is 1.71 bits per heavy atom. The van der Waals surface area contributed by atoms with Gasteiger partial charge < -0.3 is 10.1 Å². The first-order chi connectivity index (χ1) is 6.59. The van der Waals surface area contributed by atoms with Crippen LogP contribution < -0.4 is 0 Å². The predicted octanol–water partition coefficient (Wildman–Crippen LogP) is 1.72. The first kappa shape index (κ1) is 9.24. The molecule has 0 saturated heterocycles. The third-order valence-corrected chi connectivity index (χ3v) is 2.70. The van der Waals surface area contributed by atoms with E-state index in [2.05, 4.69) is 23.8 Å². The van der Waals surface area contributed by atoms with E-state index < -0.39 is 5.97 Å². The standard InChI is InChI=1S/C10H14N2O2/c1-5(2)8-4-11-9(12-8)6-3-7(6)10(13)14/h4-7H,3H2,1-2H3,(H,11,12)(H,13,14). The van der Waals surface area contributed by atoms with Crippen molar-refractivity contribution in [1.29, 1.82) is 0 Å². The van der Waals surface area contributed by atoms with Gasteiger partial charge in [0.2, 0.25) is 0 Å². The molecule has 0 amide bonds. The zero-order valence-corrected chi connectivity index (χ0v) is 8.32. The molecule has 2 unspecified atom stereocenters. The number of nitrogens with one attached hydrogen (secondary N) is 1. The molecule has 4 nitrogen and oxygen atoms in total. The molecule has 1 fully saturated rings. The van der Waals surface area contributed by atoms with Crippen molar-refractivity contribution < 1.29 is 9.90 Å². The molecule has 1 aromatic rings. The molecule has 2 N–H and O–H groups in total. The molecule has 1 saturated carbocycles. The number of aromatic amines is 1. The lowest BCUT2D eigenvalue weighted by Gasteiger charge is -1.98. The first-order valence-electron chi connectivity index (χ1n) is 4.87. The number of imidazole rings is 1. The molecule has 1 aliphatic rings. The molecule has 0 aliphatic heterocycles. The normalized spacial score (nSPS) is 25.4. The Hall–Kier alpha value is -1.32. The maximum absolute atomic E-state index is 10.6. The van der Waals surface area contributed by atoms with Crippen molar-refractivity contribution >= 4 is 5.97 Å². The van der Waals surface area contributed by atoms with E-state index in [4.69, 9.17) is 5.11 Å². The lowest BCUT2D eigenvalue weighted by molar-refractivity contribution is -0.138. The third-order valence-electron chi connectivity index (χ3n) is 2.70. The number of carboxylic acids is 1. The number of nitrogens with zero attached hydrogens (tertiary/aromatic N) is 1. The minimum Gasteiger partial charge on any atom is -0.481 e. The molecule has 76 valence electrons. The van der Waals surface area contributed by atoms with E-state index in [1.54, 1.807) is 6.20 Å². The Labute approximate surface area is 82.4 Å². The Morgan fingerprint density at radius 2 is 2.43 bits per heavy atom. The van der Waals surface area contributed by atoms with Gasteiger partial charge in [0.1, 0.15) is 5.82 Å². The molecule has 2 rings (SSSR count). The van der Waals surface area contributed by atoms with Gasteiger partial charge in [0, 0.05) is 17.8 Å². The van der Waals surface area contributed by atoms with Crippen LogP contribution in [0.5, 0.6) is 0 Å². The van der Waals surface area contributed by atoms with Crippen LogP contribution in [0.15, 0.2) is 6.20 Å². The van der Waals surface area contributed by atoms with Gasteiger partial charge in [0.25, 0.3) is 0 Å². The summed E-state index contributed by atoms with van der Waals surface area (Å²) in [5, 5.41) is 8.76. The predicted molar refractivity (Wildman–Crippen MR) is 51.2 cm³/mol. The van der Waals surface area contributed by atoms with Gasteiger partial charge in [-0.25, -0.2) is 4.98 Å². The molecule has 14 heavy (non-hydrogen) atoms. The summed E-state index contributed by atoms with van der Waals surface area (Å²) in [6.45, 7) is 4.16. The number of aliphatic carboxylic acids is 1. The van der Waals surface area contributed by atoms with Gasteiger partial charge in [-0.15, -0.1) is 0 Å². The second-order valence-corrected chi connectivity index (χ2v) is 4.17. The van der Waals surface area contributed by atoms with Crippen molar-refractivity contribution in [3.05, 3.63) is 17.7 Å². The Kier molecular flexibility index (Phi) is 2.06. The van der Waals surface area contributed by atoms with Gasteiger partial charge in [0.05, 0.1) is 5.92 Å². The van der Waals surface area contributed by atoms with E-state index in [1.807, 2.05) is 0 Å². The first-order valence-corrected chi connectivity index (χ1v) is 4.87. The number of aromatic nitrogens is 2. The van der Waals surface area contributed by atoms with Crippen LogP contribution in [0, 0.1) is 5.92 Å². The van der Waals surface area contributed by atoms with E-state index in [1.165, 1.54) is 0 Å². The maximum atomic E-state index is 10.6. The second-order valence-electron chi connectivity index (χ2n) is 4.17. The van der Waals surface area contributed by atoms with Crippen LogP contribution in [-0.4, -0.2) is 21.0 Å². The average Bonchev–Trinajstić information content (AvgIpc) is 2.76. The number of hydrogen-bond donors (Lipinski definition) is 2. The summed E-state index contributed by atoms with van der Waals surface area (Å²) in [5.74, 6) is 0.429. The van der Waals surface area contributed by atoms with E-state index in [9.17, 15) is 4.79 Å². The molecule has 0 spiro atoms. The summed E-state index contributed by atoms with van der Waals surface area (Å²) in [6, 6.07) is 0.